The Balaban J connectivity index is 1.28. The molecule has 0 unspecified atom stereocenters. The molecule has 0 aliphatic carbocycles. The van der Waals surface area contributed by atoms with Gasteiger partial charge in [0.2, 0.25) is 5.91 Å². The third-order valence-electron chi connectivity index (χ3n) is 4.57. The van der Waals surface area contributed by atoms with E-state index in [0.717, 1.165) is 32.1 Å². The van der Waals surface area contributed by atoms with Gasteiger partial charge in [-0.2, -0.15) is 0 Å². The number of thiazole rings is 2. The van der Waals surface area contributed by atoms with Crippen molar-refractivity contribution in [1.29, 1.82) is 0 Å². The number of aryl methyl sites for hydroxylation is 1. The number of imidazole rings is 1. The second-order valence-electron chi connectivity index (χ2n) is 6.55. The molecule has 3 heterocycles. The number of hydrogen-bond donors (Lipinski definition) is 1. The number of carbonyl (C=O) groups excluding carboxylic acids is 1. The van der Waals surface area contributed by atoms with Crippen LogP contribution in [0.25, 0.3) is 26.4 Å². The molecule has 1 N–H and O–H groups in total. The highest BCUT2D eigenvalue weighted by Crippen LogP contribution is 2.27. The van der Waals surface area contributed by atoms with E-state index in [9.17, 15) is 4.79 Å². The number of benzene rings is 2. The number of hydrogen-bond acceptors (Lipinski definition) is 5. The molecule has 5 aromatic rings. The van der Waals surface area contributed by atoms with Crippen LogP contribution in [0.1, 0.15) is 12.1 Å². The van der Waals surface area contributed by atoms with E-state index >= 15 is 0 Å². The van der Waals surface area contributed by atoms with Crippen molar-refractivity contribution < 1.29 is 4.79 Å². The lowest BCUT2D eigenvalue weighted by Gasteiger charge is -2.01. The van der Waals surface area contributed by atoms with E-state index in [1.54, 1.807) is 11.3 Å². The Morgan fingerprint density at radius 2 is 1.93 bits per heavy atom. The van der Waals surface area contributed by atoms with Crippen molar-refractivity contribution in [2.45, 2.75) is 12.8 Å². The summed E-state index contributed by atoms with van der Waals surface area (Å²) in [5.74, 6) is -0.0403. The Hall–Kier alpha value is -2.74. The van der Waals surface area contributed by atoms with E-state index in [0.29, 0.717) is 23.0 Å². The molecule has 29 heavy (non-hydrogen) atoms. The summed E-state index contributed by atoms with van der Waals surface area (Å²) < 4.78 is 3.12. The van der Waals surface area contributed by atoms with Crippen molar-refractivity contribution in [3.63, 3.8) is 0 Å². The number of aromatic nitrogens is 3. The first kappa shape index (κ1) is 18.3. The molecule has 0 bridgehead atoms. The molecule has 0 aliphatic rings. The van der Waals surface area contributed by atoms with Gasteiger partial charge < -0.3 is 5.32 Å². The van der Waals surface area contributed by atoms with E-state index in [1.165, 1.54) is 11.3 Å². The van der Waals surface area contributed by atoms with Crippen molar-refractivity contribution >= 4 is 60.5 Å². The maximum atomic E-state index is 12.4. The SMILES string of the molecule is O=C(CCc1csc2nc(-c3ccc(Cl)cc3)cn12)Nc1nc2ccccc2s1. The summed E-state index contributed by atoms with van der Waals surface area (Å²) in [6.07, 6.45) is 3.03. The van der Waals surface area contributed by atoms with Crippen molar-refractivity contribution in [2.24, 2.45) is 0 Å². The van der Waals surface area contributed by atoms with Gasteiger partial charge in [0.1, 0.15) is 0 Å². The van der Waals surface area contributed by atoms with Crippen molar-refractivity contribution in [2.75, 3.05) is 5.32 Å². The Morgan fingerprint density at radius 1 is 1.10 bits per heavy atom. The predicted octanol–water partition coefficient (Wildman–Crippen LogP) is 5.90. The molecule has 8 heteroatoms. The summed E-state index contributed by atoms with van der Waals surface area (Å²) in [6, 6.07) is 15.5. The van der Waals surface area contributed by atoms with Gasteiger partial charge in [-0.15, -0.1) is 11.3 Å². The summed E-state index contributed by atoms with van der Waals surface area (Å²) in [5, 5.41) is 6.31. The zero-order valence-electron chi connectivity index (χ0n) is 15.1. The average Bonchev–Trinajstić information content (AvgIpc) is 3.40. The normalized spacial score (nSPS) is 11.3. The van der Waals surface area contributed by atoms with Gasteiger partial charge in [-0.1, -0.05) is 47.2 Å². The summed E-state index contributed by atoms with van der Waals surface area (Å²) >= 11 is 9.03. The number of anilines is 1. The number of fused-ring (bicyclic) bond motifs is 2. The fourth-order valence-electron chi connectivity index (χ4n) is 3.12. The lowest BCUT2D eigenvalue weighted by molar-refractivity contribution is -0.116. The molecular weight excluding hydrogens is 424 g/mol. The smallest absolute Gasteiger partial charge is 0.226 e. The first-order valence-corrected chi connectivity index (χ1v) is 11.1. The van der Waals surface area contributed by atoms with Crippen LogP contribution in [0.3, 0.4) is 0 Å². The standard InChI is InChI=1S/C21H15ClN4OS2/c22-14-7-5-13(6-8-14)17-11-26-15(12-28-21(26)24-17)9-10-19(27)25-20-23-16-3-1-2-4-18(16)29-20/h1-8,11-12H,9-10H2,(H,23,25,27). The topological polar surface area (TPSA) is 59.3 Å². The van der Waals surface area contributed by atoms with Gasteiger partial charge in [-0.3, -0.25) is 9.20 Å². The van der Waals surface area contributed by atoms with Gasteiger partial charge in [0.25, 0.3) is 0 Å². The van der Waals surface area contributed by atoms with E-state index in [-0.39, 0.29) is 5.91 Å². The number of nitrogens with one attached hydrogen (secondary N) is 1. The molecule has 0 atom stereocenters. The minimum Gasteiger partial charge on any atom is -0.302 e. The fraction of sp³-hybridized carbons (Fsp3) is 0.0952. The molecule has 144 valence electrons. The molecule has 5 rings (SSSR count). The maximum absolute atomic E-state index is 12.4. The number of amides is 1. The van der Waals surface area contributed by atoms with Crippen LogP contribution in [0.5, 0.6) is 0 Å². The van der Waals surface area contributed by atoms with Crippen LogP contribution in [0, 0.1) is 0 Å². The number of nitrogens with zero attached hydrogens (tertiary/aromatic N) is 3. The zero-order chi connectivity index (χ0) is 19.8. The number of halogens is 1. The van der Waals surface area contributed by atoms with Crippen LogP contribution in [-0.4, -0.2) is 20.3 Å². The van der Waals surface area contributed by atoms with E-state index < -0.39 is 0 Å². The van der Waals surface area contributed by atoms with Crippen LogP contribution >= 0.6 is 34.3 Å². The molecule has 0 saturated carbocycles. The van der Waals surface area contributed by atoms with Crippen LogP contribution in [0.4, 0.5) is 5.13 Å². The molecule has 0 radical (unpaired) electrons. The van der Waals surface area contributed by atoms with Crippen molar-refractivity contribution in [1.82, 2.24) is 14.4 Å². The number of carbonyl (C=O) groups is 1. The molecule has 1 amide bonds. The first-order chi connectivity index (χ1) is 14.2. The van der Waals surface area contributed by atoms with Crippen LogP contribution < -0.4 is 5.32 Å². The highest BCUT2D eigenvalue weighted by molar-refractivity contribution is 7.22. The average molecular weight is 439 g/mol. The highest BCUT2D eigenvalue weighted by Gasteiger charge is 2.12. The maximum Gasteiger partial charge on any atom is 0.226 e. The minimum absolute atomic E-state index is 0.0403. The molecule has 2 aromatic carbocycles. The van der Waals surface area contributed by atoms with Crippen LogP contribution in [-0.2, 0) is 11.2 Å². The van der Waals surface area contributed by atoms with Gasteiger partial charge in [0.05, 0.1) is 15.9 Å². The monoisotopic (exact) mass is 438 g/mol. The number of rotatable bonds is 5. The highest BCUT2D eigenvalue weighted by atomic mass is 35.5. The number of para-hydroxylation sites is 1. The van der Waals surface area contributed by atoms with E-state index in [1.807, 2.05) is 54.7 Å². The molecule has 0 fully saturated rings. The second kappa shape index (κ2) is 7.59. The van der Waals surface area contributed by atoms with Crippen LogP contribution in [0.15, 0.2) is 60.1 Å². The summed E-state index contributed by atoms with van der Waals surface area (Å²) in [7, 11) is 0. The third-order valence-corrected chi connectivity index (χ3v) is 6.66. The largest absolute Gasteiger partial charge is 0.302 e. The molecular formula is C21H15ClN4OS2. The second-order valence-corrected chi connectivity index (χ2v) is 8.85. The van der Waals surface area contributed by atoms with Gasteiger partial charge in [-0.05, 0) is 30.7 Å². The van der Waals surface area contributed by atoms with Crippen LogP contribution in [0.2, 0.25) is 5.02 Å². The summed E-state index contributed by atoms with van der Waals surface area (Å²) in [6.45, 7) is 0. The zero-order valence-corrected chi connectivity index (χ0v) is 17.5. The quantitative estimate of drug-likeness (QED) is 0.371. The molecule has 5 nitrogen and oxygen atoms in total. The van der Waals surface area contributed by atoms with Gasteiger partial charge in [0.15, 0.2) is 10.1 Å². The third kappa shape index (κ3) is 3.76. The first-order valence-electron chi connectivity index (χ1n) is 9.02. The lowest BCUT2D eigenvalue weighted by atomic mass is 10.2. The molecule has 0 spiro atoms. The predicted molar refractivity (Wildman–Crippen MR) is 120 cm³/mol. The molecule has 3 aromatic heterocycles. The van der Waals surface area contributed by atoms with Gasteiger partial charge in [-0.25, -0.2) is 9.97 Å². The summed E-state index contributed by atoms with van der Waals surface area (Å²) in [4.78, 5) is 22.5. The summed E-state index contributed by atoms with van der Waals surface area (Å²) in [5.41, 5.74) is 3.89. The molecule has 0 saturated heterocycles. The van der Waals surface area contributed by atoms with Crippen molar-refractivity contribution in [3.05, 3.63) is 70.8 Å². The lowest BCUT2D eigenvalue weighted by Crippen LogP contribution is -2.12. The van der Waals surface area contributed by atoms with Crippen molar-refractivity contribution in [3.8, 4) is 11.3 Å². The van der Waals surface area contributed by atoms with Gasteiger partial charge >= 0.3 is 0 Å². The molecule has 0 aliphatic heterocycles. The Morgan fingerprint density at radius 3 is 2.76 bits per heavy atom. The Labute approximate surface area is 179 Å². The Bertz CT molecular complexity index is 1290. The van der Waals surface area contributed by atoms with E-state index in [2.05, 4.69) is 25.1 Å². The van der Waals surface area contributed by atoms with E-state index in [4.69, 9.17) is 11.6 Å². The fourth-order valence-corrected chi connectivity index (χ4v) is 5.03. The minimum atomic E-state index is -0.0403. The Kier molecular flexibility index (Phi) is 4.79. The van der Waals surface area contributed by atoms with Gasteiger partial charge in [0, 0.05) is 34.3 Å².